The fraction of sp³-hybridized carbons (Fsp3) is 0.533. The third-order valence-electron chi connectivity index (χ3n) is 4.08. The molecule has 0 unspecified atom stereocenters. The standard InChI is InChI=1S/C15H21N5O2/c1-22-14-3-6-16-15(18-14)19-8-4-12(5-9-19)13-2-7-17-20(13)10-11-21/h2-3,6-7,12,21H,4-5,8-11H2,1H3. The average molecular weight is 303 g/mol. The van der Waals surface area contributed by atoms with E-state index in [1.807, 2.05) is 10.9 Å². The Kier molecular flexibility index (Phi) is 4.53. The van der Waals surface area contributed by atoms with Crippen LogP contribution in [0.2, 0.25) is 0 Å². The molecule has 0 amide bonds. The molecule has 7 nitrogen and oxygen atoms in total. The first-order valence-corrected chi connectivity index (χ1v) is 7.56. The summed E-state index contributed by atoms with van der Waals surface area (Å²) in [6.45, 7) is 2.48. The second-order valence-corrected chi connectivity index (χ2v) is 5.36. The van der Waals surface area contributed by atoms with Crippen molar-refractivity contribution in [1.29, 1.82) is 0 Å². The van der Waals surface area contributed by atoms with Crippen LogP contribution in [-0.4, -0.2) is 51.7 Å². The van der Waals surface area contributed by atoms with Gasteiger partial charge in [0, 0.05) is 43.2 Å². The highest BCUT2D eigenvalue weighted by Gasteiger charge is 2.24. The quantitative estimate of drug-likeness (QED) is 0.890. The number of hydrogen-bond donors (Lipinski definition) is 1. The predicted molar refractivity (Wildman–Crippen MR) is 82.1 cm³/mol. The Hall–Kier alpha value is -2.15. The molecule has 0 bridgehead atoms. The minimum atomic E-state index is 0.116. The summed E-state index contributed by atoms with van der Waals surface area (Å²) in [7, 11) is 1.61. The number of rotatable bonds is 5. The maximum absolute atomic E-state index is 9.10. The smallest absolute Gasteiger partial charge is 0.228 e. The van der Waals surface area contributed by atoms with Gasteiger partial charge in [0.05, 0.1) is 20.3 Å². The van der Waals surface area contributed by atoms with Gasteiger partial charge in [0.15, 0.2) is 0 Å². The highest BCUT2D eigenvalue weighted by molar-refractivity contribution is 5.33. The molecule has 0 atom stereocenters. The summed E-state index contributed by atoms with van der Waals surface area (Å²) in [4.78, 5) is 10.9. The van der Waals surface area contributed by atoms with Gasteiger partial charge in [0.2, 0.25) is 11.8 Å². The Labute approximate surface area is 129 Å². The van der Waals surface area contributed by atoms with Crippen LogP contribution in [0.4, 0.5) is 5.95 Å². The third-order valence-corrected chi connectivity index (χ3v) is 4.08. The first kappa shape index (κ1) is 14.8. The Morgan fingerprint density at radius 2 is 2.09 bits per heavy atom. The van der Waals surface area contributed by atoms with Gasteiger partial charge in [0.1, 0.15) is 0 Å². The summed E-state index contributed by atoms with van der Waals surface area (Å²) >= 11 is 0. The van der Waals surface area contributed by atoms with Gasteiger partial charge in [-0.2, -0.15) is 10.1 Å². The molecule has 118 valence electrons. The van der Waals surface area contributed by atoms with Crippen LogP contribution in [0.25, 0.3) is 0 Å². The van der Waals surface area contributed by atoms with Crippen LogP contribution in [0.15, 0.2) is 24.5 Å². The van der Waals surface area contributed by atoms with Crippen molar-refractivity contribution in [1.82, 2.24) is 19.7 Å². The summed E-state index contributed by atoms with van der Waals surface area (Å²) in [5.74, 6) is 1.78. The van der Waals surface area contributed by atoms with Crippen LogP contribution >= 0.6 is 0 Å². The number of piperidine rings is 1. The molecule has 2 aromatic heterocycles. The number of anilines is 1. The van der Waals surface area contributed by atoms with Crippen molar-refractivity contribution < 1.29 is 9.84 Å². The van der Waals surface area contributed by atoms with Crippen LogP contribution in [0.3, 0.4) is 0 Å². The van der Waals surface area contributed by atoms with Crippen molar-refractivity contribution in [3.8, 4) is 5.88 Å². The van der Waals surface area contributed by atoms with Gasteiger partial charge < -0.3 is 14.7 Å². The molecule has 0 radical (unpaired) electrons. The lowest BCUT2D eigenvalue weighted by molar-refractivity contribution is 0.265. The molecule has 1 N–H and O–H groups in total. The summed E-state index contributed by atoms with van der Waals surface area (Å²) in [5.41, 5.74) is 1.21. The molecule has 1 aliphatic heterocycles. The van der Waals surface area contributed by atoms with E-state index < -0.39 is 0 Å². The number of nitrogens with zero attached hydrogens (tertiary/aromatic N) is 5. The van der Waals surface area contributed by atoms with Gasteiger partial charge in [-0.1, -0.05) is 0 Å². The van der Waals surface area contributed by atoms with E-state index in [2.05, 4.69) is 26.0 Å². The van der Waals surface area contributed by atoms with Gasteiger partial charge in [0.25, 0.3) is 0 Å². The van der Waals surface area contributed by atoms with Gasteiger partial charge in [-0.3, -0.25) is 4.68 Å². The van der Waals surface area contributed by atoms with E-state index in [1.54, 1.807) is 19.4 Å². The molecule has 0 aliphatic carbocycles. The van der Waals surface area contributed by atoms with E-state index in [0.29, 0.717) is 18.3 Å². The van der Waals surface area contributed by atoms with Crippen molar-refractivity contribution in [3.63, 3.8) is 0 Å². The van der Waals surface area contributed by atoms with Crippen molar-refractivity contribution in [2.24, 2.45) is 0 Å². The molecule has 0 saturated carbocycles. The van der Waals surface area contributed by atoms with E-state index in [9.17, 15) is 0 Å². The Morgan fingerprint density at radius 3 is 2.82 bits per heavy atom. The fourth-order valence-corrected chi connectivity index (χ4v) is 2.94. The maximum Gasteiger partial charge on any atom is 0.228 e. The van der Waals surface area contributed by atoms with Crippen molar-refractivity contribution in [2.45, 2.75) is 25.3 Å². The van der Waals surface area contributed by atoms with Crippen LogP contribution < -0.4 is 9.64 Å². The lowest BCUT2D eigenvalue weighted by Gasteiger charge is -2.32. The fourth-order valence-electron chi connectivity index (χ4n) is 2.94. The highest BCUT2D eigenvalue weighted by Crippen LogP contribution is 2.29. The second-order valence-electron chi connectivity index (χ2n) is 5.36. The molecule has 3 heterocycles. The topological polar surface area (TPSA) is 76.3 Å². The number of ether oxygens (including phenoxy) is 1. The second kappa shape index (κ2) is 6.74. The summed E-state index contributed by atoms with van der Waals surface area (Å²) < 4.78 is 7.06. The number of methoxy groups -OCH3 is 1. The molecule has 22 heavy (non-hydrogen) atoms. The van der Waals surface area contributed by atoms with Crippen LogP contribution in [0, 0.1) is 0 Å². The summed E-state index contributed by atoms with van der Waals surface area (Å²) in [6.07, 6.45) is 5.58. The van der Waals surface area contributed by atoms with Gasteiger partial charge >= 0.3 is 0 Å². The summed E-state index contributed by atoms with van der Waals surface area (Å²) in [6, 6.07) is 3.81. The first-order chi connectivity index (χ1) is 10.8. The molecule has 7 heteroatoms. The zero-order valence-electron chi connectivity index (χ0n) is 12.7. The van der Waals surface area contributed by atoms with Crippen LogP contribution in [0.1, 0.15) is 24.5 Å². The van der Waals surface area contributed by atoms with E-state index in [1.165, 1.54) is 5.69 Å². The minimum absolute atomic E-state index is 0.116. The largest absolute Gasteiger partial charge is 0.481 e. The number of hydrogen-bond acceptors (Lipinski definition) is 6. The number of aliphatic hydroxyl groups excluding tert-OH is 1. The third kappa shape index (κ3) is 3.04. The van der Waals surface area contributed by atoms with E-state index in [0.717, 1.165) is 31.9 Å². The Morgan fingerprint density at radius 1 is 1.27 bits per heavy atom. The number of aromatic nitrogens is 4. The van der Waals surface area contributed by atoms with Gasteiger partial charge in [-0.25, -0.2) is 4.98 Å². The SMILES string of the molecule is COc1ccnc(N2CCC(c3ccnn3CCO)CC2)n1. The molecule has 0 aromatic carbocycles. The van der Waals surface area contributed by atoms with Crippen LogP contribution in [-0.2, 0) is 6.54 Å². The molecule has 1 saturated heterocycles. The first-order valence-electron chi connectivity index (χ1n) is 7.56. The van der Waals surface area contributed by atoms with E-state index >= 15 is 0 Å². The van der Waals surface area contributed by atoms with Gasteiger partial charge in [-0.05, 0) is 18.9 Å². The van der Waals surface area contributed by atoms with Gasteiger partial charge in [-0.15, -0.1) is 0 Å². The normalized spacial score (nSPS) is 16.0. The Bertz CT molecular complexity index is 607. The molecular formula is C15H21N5O2. The monoisotopic (exact) mass is 303 g/mol. The molecule has 1 fully saturated rings. The molecule has 3 rings (SSSR count). The van der Waals surface area contributed by atoms with Crippen LogP contribution in [0.5, 0.6) is 5.88 Å². The maximum atomic E-state index is 9.10. The Balaban J connectivity index is 1.65. The van der Waals surface area contributed by atoms with E-state index in [4.69, 9.17) is 9.84 Å². The predicted octanol–water partition coefficient (Wildman–Crippen LogP) is 1.06. The van der Waals surface area contributed by atoms with Crippen molar-refractivity contribution in [3.05, 3.63) is 30.2 Å². The zero-order valence-corrected chi connectivity index (χ0v) is 12.7. The average Bonchev–Trinajstić information content (AvgIpc) is 3.04. The number of aliphatic hydroxyl groups is 1. The highest BCUT2D eigenvalue weighted by atomic mass is 16.5. The lowest BCUT2D eigenvalue weighted by Crippen LogP contribution is -2.34. The zero-order chi connectivity index (χ0) is 15.4. The molecule has 1 aliphatic rings. The minimum Gasteiger partial charge on any atom is -0.481 e. The van der Waals surface area contributed by atoms with E-state index in [-0.39, 0.29) is 6.61 Å². The van der Waals surface area contributed by atoms with Crippen molar-refractivity contribution >= 4 is 5.95 Å². The molecule has 0 spiro atoms. The lowest BCUT2D eigenvalue weighted by atomic mass is 9.93. The molecule has 2 aromatic rings. The molecular weight excluding hydrogens is 282 g/mol. The van der Waals surface area contributed by atoms with Crippen molar-refractivity contribution in [2.75, 3.05) is 31.7 Å². The summed E-state index contributed by atoms with van der Waals surface area (Å²) in [5, 5.41) is 13.4.